The minimum absolute atomic E-state index is 0.0324. The number of carboxylic acids is 1. The molecule has 0 aromatic rings. The monoisotopic (exact) mass is 304 g/mol. The molecule has 0 spiro atoms. The van der Waals surface area contributed by atoms with Crippen molar-refractivity contribution < 1.29 is 29.0 Å². The van der Waals surface area contributed by atoms with Crippen molar-refractivity contribution in [3.05, 3.63) is 0 Å². The van der Waals surface area contributed by atoms with Gasteiger partial charge in [-0.15, -0.1) is 0 Å². The number of hydrogen-bond donors (Lipinski definition) is 3. The Morgan fingerprint density at radius 1 is 1.33 bits per heavy atom. The molecule has 0 saturated carbocycles. The molecule has 0 radical (unpaired) electrons. The van der Waals surface area contributed by atoms with E-state index >= 15 is 0 Å². The summed E-state index contributed by atoms with van der Waals surface area (Å²) in [6.07, 6.45) is 1.29. The molecule has 8 nitrogen and oxygen atoms in total. The van der Waals surface area contributed by atoms with Crippen LogP contribution < -0.4 is 10.6 Å². The molecule has 1 aliphatic heterocycles. The number of methoxy groups -OCH3 is 1. The van der Waals surface area contributed by atoms with Gasteiger partial charge in [-0.1, -0.05) is 0 Å². The fourth-order valence-corrected chi connectivity index (χ4v) is 1.49. The van der Waals surface area contributed by atoms with E-state index < -0.39 is 24.2 Å². The smallest absolute Gasteiger partial charge is 0.408 e. The van der Waals surface area contributed by atoms with E-state index in [0.717, 1.165) is 19.4 Å². The van der Waals surface area contributed by atoms with Crippen molar-refractivity contribution in [3.63, 3.8) is 0 Å². The van der Waals surface area contributed by atoms with Crippen molar-refractivity contribution in [2.75, 3.05) is 20.2 Å². The summed E-state index contributed by atoms with van der Waals surface area (Å²) in [5.74, 6) is -1.23. The Kier molecular flexibility index (Phi) is 8.37. The Hall–Kier alpha value is -1.83. The van der Waals surface area contributed by atoms with Gasteiger partial charge in [0.1, 0.15) is 18.2 Å². The molecule has 0 aromatic heterocycles. The van der Waals surface area contributed by atoms with Crippen LogP contribution in [-0.2, 0) is 19.1 Å². The third-order valence-corrected chi connectivity index (χ3v) is 2.33. The Balaban J connectivity index is 0.000000394. The average Bonchev–Trinajstić information content (AvgIpc) is 2.88. The van der Waals surface area contributed by atoms with Crippen LogP contribution in [0.25, 0.3) is 0 Å². The van der Waals surface area contributed by atoms with Gasteiger partial charge in [-0.2, -0.15) is 0 Å². The lowest BCUT2D eigenvalue weighted by molar-refractivity contribution is -0.142. The predicted octanol–water partition coefficient (Wildman–Crippen LogP) is 0.507. The molecule has 1 heterocycles. The Labute approximate surface area is 124 Å². The molecule has 21 heavy (non-hydrogen) atoms. The van der Waals surface area contributed by atoms with Gasteiger partial charge >= 0.3 is 18.0 Å². The first-order valence-electron chi connectivity index (χ1n) is 6.65. The van der Waals surface area contributed by atoms with Crippen LogP contribution in [0.15, 0.2) is 0 Å². The van der Waals surface area contributed by atoms with Crippen LogP contribution in [0.3, 0.4) is 0 Å². The van der Waals surface area contributed by atoms with Gasteiger partial charge in [-0.3, -0.25) is 9.59 Å². The van der Waals surface area contributed by atoms with Gasteiger partial charge < -0.3 is 25.2 Å². The number of amides is 1. The van der Waals surface area contributed by atoms with Crippen molar-refractivity contribution in [1.29, 1.82) is 0 Å². The van der Waals surface area contributed by atoms with E-state index in [0.29, 0.717) is 0 Å². The van der Waals surface area contributed by atoms with Crippen LogP contribution in [0.4, 0.5) is 4.79 Å². The van der Waals surface area contributed by atoms with Crippen LogP contribution in [0.5, 0.6) is 0 Å². The summed E-state index contributed by atoms with van der Waals surface area (Å²) < 4.78 is 9.31. The molecular weight excluding hydrogens is 280 g/mol. The van der Waals surface area contributed by atoms with Crippen molar-refractivity contribution >= 4 is 18.0 Å². The summed E-state index contributed by atoms with van der Waals surface area (Å²) in [6, 6.07) is -0.0324. The predicted molar refractivity (Wildman–Crippen MR) is 74.9 cm³/mol. The highest BCUT2D eigenvalue weighted by atomic mass is 16.6. The van der Waals surface area contributed by atoms with Gasteiger partial charge in [0.25, 0.3) is 0 Å². The average molecular weight is 304 g/mol. The normalized spacial score (nSPS) is 17.2. The number of hydrogen-bond acceptors (Lipinski definition) is 6. The summed E-state index contributed by atoms with van der Waals surface area (Å²) in [4.78, 5) is 31.5. The second kappa shape index (κ2) is 9.17. The summed E-state index contributed by atoms with van der Waals surface area (Å²) >= 11 is 0. The molecule has 1 amide bonds. The van der Waals surface area contributed by atoms with E-state index in [9.17, 15) is 14.4 Å². The molecule has 1 rings (SSSR count). The van der Waals surface area contributed by atoms with Gasteiger partial charge in [0.15, 0.2) is 0 Å². The molecule has 1 saturated heterocycles. The second-order valence-electron chi connectivity index (χ2n) is 5.42. The first kappa shape index (κ1) is 19.2. The molecule has 0 aliphatic carbocycles. The molecular formula is C13H24N2O6. The Bertz CT molecular complexity index is 358. The SMILES string of the molecule is CC(C)(C)OC(=O)NCC(=O)O.COC(=O)[C@@H]1CCCN1. The zero-order valence-electron chi connectivity index (χ0n) is 12.9. The number of alkyl carbamates (subject to hydrolysis) is 1. The Morgan fingerprint density at radius 2 is 1.95 bits per heavy atom. The van der Waals surface area contributed by atoms with Gasteiger partial charge in [0.05, 0.1) is 7.11 Å². The van der Waals surface area contributed by atoms with E-state index in [1.54, 1.807) is 20.8 Å². The van der Waals surface area contributed by atoms with Crippen molar-refractivity contribution in [2.45, 2.75) is 45.3 Å². The lowest BCUT2D eigenvalue weighted by Crippen LogP contribution is -2.35. The third-order valence-electron chi connectivity index (χ3n) is 2.33. The number of nitrogens with one attached hydrogen (secondary N) is 2. The quantitative estimate of drug-likeness (QED) is 0.651. The minimum Gasteiger partial charge on any atom is -0.480 e. The number of ether oxygens (including phenoxy) is 2. The highest BCUT2D eigenvalue weighted by Crippen LogP contribution is 2.06. The second-order valence-corrected chi connectivity index (χ2v) is 5.42. The van der Waals surface area contributed by atoms with E-state index in [4.69, 9.17) is 9.84 Å². The van der Waals surface area contributed by atoms with Crippen molar-refractivity contribution in [2.24, 2.45) is 0 Å². The first-order valence-corrected chi connectivity index (χ1v) is 6.65. The number of aliphatic carboxylic acids is 1. The van der Waals surface area contributed by atoms with Gasteiger partial charge in [-0.05, 0) is 40.2 Å². The number of carbonyl (C=O) groups is 3. The van der Waals surface area contributed by atoms with E-state index in [2.05, 4.69) is 15.4 Å². The van der Waals surface area contributed by atoms with Crippen LogP contribution in [0.2, 0.25) is 0 Å². The highest BCUT2D eigenvalue weighted by Gasteiger charge is 2.21. The van der Waals surface area contributed by atoms with Crippen LogP contribution in [0.1, 0.15) is 33.6 Å². The van der Waals surface area contributed by atoms with Crippen molar-refractivity contribution in [3.8, 4) is 0 Å². The zero-order chi connectivity index (χ0) is 16.5. The number of rotatable bonds is 3. The lowest BCUT2D eigenvalue weighted by Gasteiger charge is -2.19. The number of esters is 1. The minimum atomic E-state index is -1.10. The summed E-state index contributed by atoms with van der Waals surface area (Å²) in [5.41, 5.74) is -0.595. The van der Waals surface area contributed by atoms with Gasteiger partial charge in [0, 0.05) is 0 Å². The van der Waals surface area contributed by atoms with Gasteiger partial charge in [-0.25, -0.2) is 4.79 Å². The van der Waals surface area contributed by atoms with Gasteiger partial charge in [0.2, 0.25) is 0 Å². The van der Waals surface area contributed by atoms with Crippen molar-refractivity contribution in [1.82, 2.24) is 10.6 Å². The lowest BCUT2D eigenvalue weighted by atomic mass is 10.2. The fourth-order valence-electron chi connectivity index (χ4n) is 1.49. The Morgan fingerprint density at radius 3 is 2.33 bits per heavy atom. The summed E-state index contributed by atoms with van der Waals surface area (Å²) in [5, 5.41) is 13.3. The fraction of sp³-hybridized carbons (Fsp3) is 0.769. The molecule has 8 heteroatoms. The highest BCUT2D eigenvalue weighted by molar-refractivity contribution is 5.76. The summed E-state index contributed by atoms with van der Waals surface area (Å²) in [6.45, 7) is 5.63. The van der Waals surface area contributed by atoms with Crippen LogP contribution in [0, 0.1) is 0 Å². The summed E-state index contributed by atoms with van der Waals surface area (Å²) in [7, 11) is 1.42. The van der Waals surface area contributed by atoms with E-state index in [-0.39, 0.29) is 12.0 Å². The standard InChI is InChI=1S/C7H13NO4.C6H11NO2/c1-7(2,3)12-6(11)8-4-5(9)10;1-9-6(8)5-3-2-4-7-5/h4H2,1-3H3,(H,8,11)(H,9,10);5,7H,2-4H2,1H3/t;5-/m.0/s1. The van der Waals surface area contributed by atoms with E-state index in [1.807, 2.05) is 0 Å². The molecule has 1 atom stereocenters. The molecule has 122 valence electrons. The maximum Gasteiger partial charge on any atom is 0.408 e. The molecule has 0 aromatic carbocycles. The molecule has 0 unspecified atom stereocenters. The third kappa shape index (κ3) is 10.6. The van der Waals surface area contributed by atoms with E-state index in [1.165, 1.54) is 7.11 Å². The zero-order valence-corrected chi connectivity index (χ0v) is 12.9. The maximum atomic E-state index is 10.8. The van der Waals surface area contributed by atoms with Crippen LogP contribution in [-0.4, -0.2) is 55.0 Å². The molecule has 3 N–H and O–H groups in total. The maximum absolute atomic E-state index is 10.8. The largest absolute Gasteiger partial charge is 0.480 e. The first-order chi connectivity index (χ1) is 9.65. The number of carboxylic acid groups (broad SMARTS) is 1. The molecule has 1 aliphatic rings. The molecule has 0 bridgehead atoms. The number of carbonyl (C=O) groups excluding carboxylic acids is 2. The topological polar surface area (TPSA) is 114 Å². The van der Waals surface area contributed by atoms with Crippen LogP contribution >= 0.6 is 0 Å². The molecule has 1 fully saturated rings.